The van der Waals surface area contributed by atoms with Crippen molar-refractivity contribution in [2.75, 3.05) is 46.5 Å². The summed E-state index contributed by atoms with van der Waals surface area (Å²) in [5.41, 5.74) is 1.42. The van der Waals surface area contributed by atoms with E-state index in [1.54, 1.807) is 38.1 Å². The van der Waals surface area contributed by atoms with Gasteiger partial charge in [-0.05, 0) is 37.3 Å². The van der Waals surface area contributed by atoms with Crippen LogP contribution in [0.4, 0.5) is 0 Å². The summed E-state index contributed by atoms with van der Waals surface area (Å²) in [5.74, 6) is -2.40. The van der Waals surface area contributed by atoms with Crippen molar-refractivity contribution in [2.45, 2.75) is 26.3 Å². The number of quaternary nitrogens is 1. The number of ether oxygens (including phenoxy) is 2. The minimum Gasteiger partial charge on any atom is -0.868 e. The Hall–Kier alpha value is -3.08. The number of methoxy groups -OCH3 is 1. The summed E-state index contributed by atoms with van der Waals surface area (Å²) in [4.78, 5) is 46.1. The molecule has 2 aliphatic rings. The van der Waals surface area contributed by atoms with Crippen molar-refractivity contribution in [1.29, 1.82) is 0 Å². The number of hydrogen-bond donors (Lipinski definition) is 1. The molecule has 0 saturated carbocycles. The number of nitrogens with zero attached hydrogens (tertiary/aromatic N) is 2. The van der Waals surface area contributed by atoms with Crippen molar-refractivity contribution < 1.29 is 33.9 Å². The molecule has 10 heteroatoms. The van der Waals surface area contributed by atoms with Crippen LogP contribution in [-0.4, -0.2) is 74.0 Å². The number of amides is 1. The Morgan fingerprint density at radius 2 is 1.91 bits per heavy atom. The van der Waals surface area contributed by atoms with Crippen LogP contribution in [-0.2, 0) is 14.3 Å². The normalized spacial score (nSPS) is 18.9. The van der Waals surface area contributed by atoms with Gasteiger partial charge < -0.3 is 24.4 Å². The molecule has 1 aromatic heterocycles. The van der Waals surface area contributed by atoms with Crippen LogP contribution in [0, 0.1) is 13.8 Å². The fourth-order valence-corrected chi connectivity index (χ4v) is 5.51. The van der Waals surface area contributed by atoms with Gasteiger partial charge in [0.25, 0.3) is 0 Å². The number of carbonyl (C=O) groups excluding carboxylic acids is 3. The smallest absolute Gasteiger partial charge is 0.337 e. The summed E-state index contributed by atoms with van der Waals surface area (Å²) in [6.07, 6.45) is 0.686. The van der Waals surface area contributed by atoms with Crippen LogP contribution in [0.5, 0.6) is 0 Å². The van der Waals surface area contributed by atoms with Gasteiger partial charge in [0.15, 0.2) is 0 Å². The van der Waals surface area contributed by atoms with E-state index in [0.717, 1.165) is 19.6 Å². The summed E-state index contributed by atoms with van der Waals surface area (Å²) < 4.78 is 10.2. The van der Waals surface area contributed by atoms with Gasteiger partial charge in [0, 0.05) is 18.5 Å². The first kappa shape index (κ1) is 25.0. The lowest BCUT2D eigenvalue weighted by Gasteiger charge is -2.29. The molecule has 0 bridgehead atoms. The van der Waals surface area contributed by atoms with Gasteiger partial charge in [-0.25, -0.2) is 9.78 Å². The van der Waals surface area contributed by atoms with Crippen LogP contribution in [0.2, 0.25) is 0 Å². The zero-order chi connectivity index (χ0) is 25.1. The fraction of sp³-hybridized carbons (Fsp3) is 0.440. The van der Waals surface area contributed by atoms with Gasteiger partial charge in [0.05, 0.1) is 54.1 Å². The second-order valence-electron chi connectivity index (χ2n) is 8.70. The zero-order valence-corrected chi connectivity index (χ0v) is 20.9. The maximum Gasteiger partial charge on any atom is 0.337 e. The van der Waals surface area contributed by atoms with Crippen LogP contribution in [0.3, 0.4) is 0 Å². The maximum atomic E-state index is 13.6. The van der Waals surface area contributed by atoms with E-state index in [-0.39, 0.29) is 5.57 Å². The highest BCUT2D eigenvalue weighted by molar-refractivity contribution is 7.14. The number of Topliss-reactive ketones (excluding diaryl/α,β-unsaturated/α-hetero) is 1. The van der Waals surface area contributed by atoms with Crippen LogP contribution in [0.1, 0.15) is 48.8 Å². The van der Waals surface area contributed by atoms with E-state index in [9.17, 15) is 19.5 Å². The lowest BCUT2D eigenvalue weighted by atomic mass is 9.94. The maximum absolute atomic E-state index is 13.6. The van der Waals surface area contributed by atoms with E-state index < -0.39 is 29.5 Å². The van der Waals surface area contributed by atoms with Crippen molar-refractivity contribution in [3.63, 3.8) is 0 Å². The van der Waals surface area contributed by atoms with E-state index in [2.05, 4.69) is 4.98 Å². The highest BCUT2D eigenvalue weighted by Gasteiger charge is 2.40. The third-order valence-electron chi connectivity index (χ3n) is 6.42. The topological polar surface area (TPSA) is 113 Å². The summed E-state index contributed by atoms with van der Waals surface area (Å²) in [6, 6.07) is 5.67. The molecule has 9 nitrogen and oxygen atoms in total. The van der Waals surface area contributed by atoms with Gasteiger partial charge in [0.2, 0.25) is 11.7 Å². The molecule has 0 radical (unpaired) electrons. The average Bonchev–Trinajstić information content (AvgIpc) is 3.34. The molecule has 2 aliphatic heterocycles. The van der Waals surface area contributed by atoms with E-state index in [1.807, 2.05) is 0 Å². The predicted octanol–water partition coefficient (Wildman–Crippen LogP) is 0.232. The minimum atomic E-state index is -0.823. The van der Waals surface area contributed by atoms with Gasteiger partial charge in [0.1, 0.15) is 13.1 Å². The molecule has 1 fully saturated rings. The first-order chi connectivity index (χ1) is 16.8. The number of morpholine rings is 1. The molecule has 1 N–H and O–H groups in total. The molecule has 1 unspecified atom stereocenters. The number of rotatable bonds is 8. The fourth-order valence-electron chi connectivity index (χ4n) is 4.64. The Morgan fingerprint density at radius 3 is 2.51 bits per heavy atom. The SMILES string of the molecule is COC(=O)c1ccc(C2C(C(=O)c3sc(C)nc3C)=C([O-])C(=O)N2CCC[NH+]2CCOCC2)cc1. The highest BCUT2D eigenvalue weighted by atomic mass is 32.1. The Balaban J connectivity index is 1.65. The second-order valence-corrected chi connectivity index (χ2v) is 9.90. The molecule has 2 aromatic rings. The molecule has 3 heterocycles. The largest absolute Gasteiger partial charge is 0.868 e. The molecule has 1 saturated heterocycles. The summed E-state index contributed by atoms with van der Waals surface area (Å²) in [7, 11) is 1.30. The molecular formula is C25H29N3O6S. The molecule has 1 atom stereocenters. The monoisotopic (exact) mass is 499 g/mol. The molecular weight excluding hydrogens is 470 g/mol. The van der Waals surface area contributed by atoms with Crippen molar-refractivity contribution in [3.8, 4) is 0 Å². The van der Waals surface area contributed by atoms with E-state index in [4.69, 9.17) is 9.47 Å². The average molecular weight is 500 g/mol. The number of aryl methyl sites for hydroxylation is 2. The molecule has 4 rings (SSSR count). The first-order valence-corrected chi connectivity index (χ1v) is 12.4. The van der Waals surface area contributed by atoms with Gasteiger partial charge in [-0.2, -0.15) is 0 Å². The molecule has 1 amide bonds. The summed E-state index contributed by atoms with van der Waals surface area (Å²) >= 11 is 1.22. The number of aromatic nitrogens is 1. The van der Waals surface area contributed by atoms with Gasteiger partial charge in [-0.3, -0.25) is 9.59 Å². The zero-order valence-electron chi connectivity index (χ0n) is 20.1. The molecule has 0 spiro atoms. The van der Waals surface area contributed by atoms with E-state index in [1.165, 1.54) is 28.2 Å². The van der Waals surface area contributed by atoms with Crippen molar-refractivity contribution >= 4 is 29.0 Å². The number of thiazole rings is 1. The Morgan fingerprint density at radius 1 is 1.23 bits per heavy atom. The van der Waals surface area contributed by atoms with Gasteiger partial charge in [-0.15, -0.1) is 11.3 Å². The third kappa shape index (κ3) is 5.14. The number of nitrogens with one attached hydrogen (secondary N) is 1. The van der Waals surface area contributed by atoms with Crippen LogP contribution < -0.4 is 10.0 Å². The Kier molecular flexibility index (Phi) is 7.63. The number of ketones is 1. The minimum absolute atomic E-state index is 0.0636. The lowest BCUT2D eigenvalue weighted by Crippen LogP contribution is -3.14. The van der Waals surface area contributed by atoms with Crippen LogP contribution in [0.15, 0.2) is 35.6 Å². The van der Waals surface area contributed by atoms with Crippen molar-refractivity contribution in [2.24, 2.45) is 0 Å². The van der Waals surface area contributed by atoms with Crippen LogP contribution in [0.25, 0.3) is 0 Å². The second kappa shape index (κ2) is 10.7. The number of benzene rings is 1. The van der Waals surface area contributed by atoms with E-state index >= 15 is 0 Å². The third-order valence-corrected chi connectivity index (χ3v) is 7.49. The summed E-state index contributed by atoms with van der Waals surface area (Å²) in [6.45, 7) is 7.95. The highest BCUT2D eigenvalue weighted by Crippen LogP contribution is 2.39. The number of carbonyl (C=O) groups is 3. The van der Waals surface area contributed by atoms with Crippen molar-refractivity contribution in [3.05, 3.63) is 62.3 Å². The lowest BCUT2D eigenvalue weighted by molar-refractivity contribution is -0.908. The molecule has 0 aliphatic carbocycles. The van der Waals surface area contributed by atoms with Gasteiger partial charge >= 0.3 is 5.97 Å². The van der Waals surface area contributed by atoms with Crippen LogP contribution >= 0.6 is 11.3 Å². The predicted molar refractivity (Wildman–Crippen MR) is 126 cm³/mol. The number of esters is 1. The Bertz CT molecular complexity index is 1150. The standard InChI is InChI=1S/C25H29N3O6S/c1-15-23(35-16(2)26-15)21(29)19-20(17-5-7-18(8-6-17)25(32)33-3)28(24(31)22(19)30)10-4-9-27-11-13-34-14-12-27/h5-8,20,30H,4,9-14H2,1-3H3. The van der Waals surface area contributed by atoms with Gasteiger partial charge in [-0.1, -0.05) is 12.1 Å². The molecule has 186 valence electrons. The van der Waals surface area contributed by atoms with E-state index in [0.29, 0.717) is 52.9 Å². The quantitative estimate of drug-likeness (QED) is 0.409. The molecule has 1 aromatic carbocycles. The first-order valence-electron chi connectivity index (χ1n) is 11.6. The summed E-state index contributed by atoms with van der Waals surface area (Å²) in [5, 5.41) is 13.9. The molecule has 35 heavy (non-hydrogen) atoms. The van der Waals surface area contributed by atoms with Crippen molar-refractivity contribution in [1.82, 2.24) is 9.88 Å². The number of hydrogen-bond acceptors (Lipinski definition) is 8. The Labute approximate surface area is 208 Å².